The summed E-state index contributed by atoms with van der Waals surface area (Å²) in [6.45, 7) is 8.47. The predicted molar refractivity (Wildman–Crippen MR) is 125 cm³/mol. The van der Waals surface area contributed by atoms with Crippen molar-refractivity contribution in [2.24, 2.45) is 0 Å². The zero-order chi connectivity index (χ0) is 20.5. The van der Waals surface area contributed by atoms with Crippen molar-refractivity contribution in [2.75, 3.05) is 27.0 Å². The van der Waals surface area contributed by atoms with Crippen molar-refractivity contribution in [1.82, 2.24) is 4.90 Å². The average molecular weight is 414 g/mol. The number of benzene rings is 2. The highest BCUT2D eigenvalue weighted by molar-refractivity contribution is 7.48. The van der Waals surface area contributed by atoms with E-state index in [1.54, 1.807) is 7.11 Å². The Hall–Kier alpha value is -1.41. The van der Waals surface area contributed by atoms with Crippen LogP contribution in [0, 0.1) is 0 Å². The highest BCUT2D eigenvalue weighted by atomic mass is 31.1. The summed E-state index contributed by atoms with van der Waals surface area (Å²) in [7, 11) is 2.39. The summed E-state index contributed by atoms with van der Waals surface area (Å²) in [5, 5.41) is 1.59. The van der Waals surface area contributed by atoms with Crippen molar-refractivity contribution < 1.29 is 9.47 Å². The predicted octanol–water partition coefficient (Wildman–Crippen LogP) is 5.67. The number of ether oxygens (including phenoxy) is 2. The van der Waals surface area contributed by atoms with Crippen LogP contribution < -0.4 is 10.0 Å². The molecule has 1 aliphatic rings. The molecular weight excluding hydrogens is 377 g/mol. The lowest BCUT2D eigenvalue weighted by Crippen LogP contribution is -2.31. The van der Waals surface area contributed by atoms with Crippen LogP contribution in [0.1, 0.15) is 57.1 Å². The summed E-state index contributed by atoms with van der Waals surface area (Å²) in [4.78, 5) is 2.63. The van der Waals surface area contributed by atoms with Gasteiger partial charge < -0.3 is 9.47 Å². The molecule has 0 aromatic heterocycles. The number of hydrogen-bond donors (Lipinski definition) is 0. The molecule has 3 rings (SSSR count). The van der Waals surface area contributed by atoms with Gasteiger partial charge >= 0.3 is 0 Å². The van der Waals surface area contributed by atoms with E-state index < -0.39 is 0 Å². The third-order valence-electron chi connectivity index (χ3n) is 6.18. The van der Waals surface area contributed by atoms with Crippen LogP contribution in [0.15, 0.2) is 48.5 Å². The number of likely N-dealkylation sites (tertiary alicyclic amines) is 1. The first-order chi connectivity index (χ1) is 14.2. The second kappa shape index (κ2) is 11.1. The van der Waals surface area contributed by atoms with Crippen LogP contribution in [0.3, 0.4) is 0 Å². The molecule has 0 bridgehead atoms. The smallest absolute Gasteiger partial charge is 0.188 e. The lowest BCUT2D eigenvalue weighted by atomic mass is 9.92. The molecule has 1 fully saturated rings. The van der Waals surface area contributed by atoms with Crippen molar-refractivity contribution in [1.29, 1.82) is 0 Å². The largest absolute Gasteiger partial charge is 0.467 e. The molecule has 2 aromatic carbocycles. The topological polar surface area (TPSA) is 21.7 Å². The summed E-state index contributed by atoms with van der Waals surface area (Å²) in [6.07, 6.45) is 6.23. The first kappa shape index (κ1) is 22.3. The van der Waals surface area contributed by atoms with Crippen molar-refractivity contribution >= 4 is 13.9 Å². The molecule has 0 radical (unpaired) electrons. The van der Waals surface area contributed by atoms with Gasteiger partial charge in [-0.2, -0.15) is 0 Å². The normalized spacial score (nSPS) is 15.8. The maximum atomic E-state index is 5.96. The highest BCUT2D eigenvalue weighted by Crippen LogP contribution is 2.50. The summed E-state index contributed by atoms with van der Waals surface area (Å²) in [5.74, 6) is 0.957. The fraction of sp³-hybridized carbons (Fsp3) is 0.520. The van der Waals surface area contributed by atoms with E-state index >= 15 is 0 Å². The number of methoxy groups -OCH3 is 1. The van der Waals surface area contributed by atoms with Gasteiger partial charge in [-0.15, -0.1) is 0 Å². The van der Waals surface area contributed by atoms with Crippen LogP contribution in [0.25, 0.3) is 0 Å². The Morgan fingerprint density at radius 2 is 1.62 bits per heavy atom. The molecule has 3 nitrogen and oxygen atoms in total. The van der Waals surface area contributed by atoms with E-state index in [-0.39, 0.29) is 11.9 Å². The zero-order valence-corrected chi connectivity index (χ0v) is 19.2. The SMILES string of the molecule is CCC(CC)(Pc1ccccc1CN1CCCCC1)c1ccccc1OCOC. The molecule has 4 heteroatoms. The maximum absolute atomic E-state index is 5.96. The van der Waals surface area contributed by atoms with Gasteiger partial charge in [0.15, 0.2) is 6.79 Å². The molecule has 0 saturated carbocycles. The molecule has 29 heavy (non-hydrogen) atoms. The van der Waals surface area contributed by atoms with E-state index in [4.69, 9.17) is 9.47 Å². The number of rotatable bonds is 10. The number of piperidine rings is 1. The molecular formula is C25H36NO2P. The monoisotopic (exact) mass is 413 g/mol. The Kier molecular flexibility index (Phi) is 8.53. The molecule has 2 aromatic rings. The van der Waals surface area contributed by atoms with Crippen molar-refractivity contribution in [3.63, 3.8) is 0 Å². The zero-order valence-electron chi connectivity index (χ0n) is 18.2. The second-order valence-electron chi connectivity index (χ2n) is 7.96. The van der Waals surface area contributed by atoms with Crippen LogP contribution in [-0.2, 0) is 16.4 Å². The van der Waals surface area contributed by atoms with Gasteiger partial charge in [0.1, 0.15) is 5.75 Å². The molecule has 1 unspecified atom stereocenters. The lowest BCUT2D eigenvalue weighted by molar-refractivity contribution is 0.0499. The molecule has 0 N–H and O–H groups in total. The Morgan fingerprint density at radius 3 is 2.34 bits per heavy atom. The Morgan fingerprint density at radius 1 is 0.931 bits per heavy atom. The number of nitrogens with zero attached hydrogens (tertiary/aromatic N) is 1. The first-order valence-electron chi connectivity index (χ1n) is 11.0. The maximum Gasteiger partial charge on any atom is 0.188 e. The molecule has 1 heterocycles. The van der Waals surface area contributed by atoms with E-state index in [9.17, 15) is 0 Å². The first-order valence-corrected chi connectivity index (χ1v) is 12.0. The van der Waals surface area contributed by atoms with Crippen LogP contribution in [0.5, 0.6) is 5.75 Å². The molecule has 0 aliphatic carbocycles. The quantitative estimate of drug-likeness (QED) is 0.370. The van der Waals surface area contributed by atoms with Gasteiger partial charge in [-0.1, -0.05) is 71.3 Å². The second-order valence-corrected chi connectivity index (χ2v) is 9.70. The minimum absolute atomic E-state index is 0.0857. The Balaban J connectivity index is 1.89. The van der Waals surface area contributed by atoms with E-state index in [1.165, 1.54) is 48.8 Å². The fourth-order valence-electron chi connectivity index (χ4n) is 4.38. The average Bonchev–Trinajstić information content (AvgIpc) is 2.78. The molecule has 1 atom stereocenters. The minimum atomic E-state index is 0.0857. The minimum Gasteiger partial charge on any atom is -0.467 e. The van der Waals surface area contributed by atoms with E-state index in [0.717, 1.165) is 33.7 Å². The van der Waals surface area contributed by atoms with Gasteiger partial charge in [0.05, 0.1) is 0 Å². The molecule has 1 aliphatic heterocycles. The van der Waals surface area contributed by atoms with Crippen LogP contribution >= 0.6 is 8.58 Å². The van der Waals surface area contributed by atoms with Crippen molar-refractivity contribution in [3.8, 4) is 5.75 Å². The van der Waals surface area contributed by atoms with Gasteiger partial charge in [0.25, 0.3) is 0 Å². The van der Waals surface area contributed by atoms with Gasteiger partial charge in [-0.05, 0) is 55.7 Å². The third-order valence-corrected chi connectivity index (χ3v) is 8.39. The van der Waals surface area contributed by atoms with Crippen molar-refractivity contribution in [3.05, 3.63) is 59.7 Å². The van der Waals surface area contributed by atoms with Gasteiger partial charge in [-0.3, -0.25) is 4.90 Å². The fourth-order valence-corrected chi connectivity index (χ4v) is 6.09. The number of hydrogen-bond acceptors (Lipinski definition) is 3. The van der Waals surface area contributed by atoms with Crippen LogP contribution in [0.4, 0.5) is 0 Å². The van der Waals surface area contributed by atoms with Gasteiger partial charge in [0, 0.05) is 24.4 Å². The highest BCUT2D eigenvalue weighted by Gasteiger charge is 2.32. The molecule has 0 amide bonds. The number of para-hydroxylation sites is 1. The van der Waals surface area contributed by atoms with Crippen molar-refractivity contribution in [2.45, 2.75) is 57.7 Å². The van der Waals surface area contributed by atoms with Gasteiger partial charge in [0.2, 0.25) is 0 Å². The summed E-state index contributed by atoms with van der Waals surface area (Å²) >= 11 is 0. The van der Waals surface area contributed by atoms with E-state index in [1.807, 2.05) is 0 Å². The molecule has 158 valence electrons. The standard InChI is InChI=1S/C25H36NO2P/c1-4-25(5-2,22-14-8-9-15-23(22)28-20-27-3)29-24-16-10-7-13-21(24)19-26-17-11-6-12-18-26/h7-10,13-16,29H,4-6,11-12,17-20H2,1-3H3. The van der Waals surface area contributed by atoms with Crippen LogP contribution in [-0.4, -0.2) is 31.9 Å². The van der Waals surface area contributed by atoms with Gasteiger partial charge in [-0.25, -0.2) is 0 Å². The Bertz CT molecular complexity index is 754. The van der Waals surface area contributed by atoms with E-state index in [0.29, 0.717) is 0 Å². The summed E-state index contributed by atoms with van der Waals surface area (Å²) < 4.78 is 11.1. The summed E-state index contributed by atoms with van der Waals surface area (Å²) in [6, 6.07) is 17.6. The Labute approximate surface area is 178 Å². The summed E-state index contributed by atoms with van der Waals surface area (Å²) in [5.41, 5.74) is 2.81. The van der Waals surface area contributed by atoms with Crippen LogP contribution in [0.2, 0.25) is 0 Å². The molecule has 1 saturated heterocycles. The third kappa shape index (κ3) is 5.60. The lowest BCUT2D eigenvalue weighted by Gasteiger charge is -2.35. The van der Waals surface area contributed by atoms with E-state index in [2.05, 4.69) is 67.3 Å². The molecule has 0 spiro atoms.